The molecule has 2 aliphatic rings. The fourth-order valence-electron chi connectivity index (χ4n) is 3.03. The van der Waals surface area contributed by atoms with Crippen LogP contribution in [0.25, 0.3) is 0 Å². The standard InChI is InChI=1S/C15H29NO2/c1-14(2)6-8-15(17,9-7-14)12-16-10-5-13-4-3-11-18-13/h13,16-17H,3-12H2,1-2H3. The van der Waals surface area contributed by atoms with E-state index in [1.165, 1.54) is 12.8 Å². The summed E-state index contributed by atoms with van der Waals surface area (Å²) in [6.45, 7) is 7.25. The second kappa shape index (κ2) is 5.89. The van der Waals surface area contributed by atoms with Gasteiger partial charge in [-0.05, 0) is 56.9 Å². The smallest absolute Gasteiger partial charge is 0.0772 e. The maximum absolute atomic E-state index is 10.5. The molecule has 0 radical (unpaired) electrons. The van der Waals surface area contributed by atoms with Gasteiger partial charge in [-0.25, -0.2) is 0 Å². The molecule has 3 heteroatoms. The van der Waals surface area contributed by atoms with Gasteiger partial charge in [0.2, 0.25) is 0 Å². The average Bonchev–Trinajstić information content (AvgIpc) is 2.83. The van der Waals surface area contributed by atoms with Crippen LogP contribution in [0.5, 0.6) is 0 Å². The van der Waals surface area contributed by atoms with Gasteiger partial charge in [0.05, 0.1) is 11.7 Å². The Morgan fingerprint density at radius 2 is 1.94 bits per heavy atom. The molecular formula is C15H29NO2. The highest BCUT2D eigenvalue weighted by Gasteiger charge is 2.36. The summed E-state index contributed by atoms with van der Waals surface area (Å²) in [5, 5.41) is 13.9. The summed E-state index contributed by atoms with van der Waals surface area (Å²) in [5.41, 5.74) is -0.0457. The van der Waals surface area contributed by atoms with Crippen LogP contribution in [0.4, 0.5) is 0 Å². The van der Waals surface area contributed by atoms with Crippen molar-refractivity contribution in [2.24, 2.45) is 5.41 Å². The molecule has 18 heavy (non-hydrogen) atoms. The quantitative estimate of drug-likeness (QED) is 0.742. The van der Waals surface area contributed by atoms with Gasteiger partial charge in [-0.1, -0.05) is 13.8 Å². The van der Waals surface area contributed by atoms with Crippen LogP contribution in [-0.4, -0.2) is 36.5 Å². The zero-order chi connectivity index (χ0) is 13.1. The SMILES string of the molecule is CC1(C)CCC(O)(CNCCC2CCCO2)CC1. The molecule has 3 nitrogen and oxygen atoms in total. The zero-order valence-corrected chi connectivity index (χ0v) is 12.0. The summed E-state index contributed by atoms with van der Waals surface area (Å²) in [6.07, 6.45) is 8.11. The molecular weight excluding hydrogens is 226 g/mol. The van der Waals surface area contributed by atoms with E-state index < -0.39 is 5.60 Å². The van der Waals surface area contributed by atoms with Crippen molar-refractivity contribution in [2.45, 2.75) is 70.5 Å². The Hall–Kier alpha value is -0.120. The van der Waals surface area contributed by atoms with E-state index in [0.29, 0.717) is 11.5 Å². The average molecular weight is 255 g/mol. The van der Waals surface area contributed by atoms with E-state index in [0.717, 1.165) is 51.8 Å². The number of rotatable bonds is 5. The fourth-order valence-corrected chi connectivity index (χ4v) is 3.03. The third-order valence-electron chi connectivity index (χ3n) is 4.66. The summed E-state index contributed by atoms with van der Waals surface area (Å²) in [7, 11) is 0. The van der Waals surface area contributed by atoms with Crippen molar-refractivity contribution in [3.05, 3.63) is 0 Å². The van der Waals surface area contributed by atoms with E-state index in [2.05, 4.69) is 19.2 Å². The number of aliphatic hydroxyl groups is 1. The Labute approximate surface area is 111 Å². The predicted molar refractivity (Wildman–Crippen MR) is 73.7 cm³/mol. The van der Waals surface area contributed by atoms with E-state index in [-0.39, 0.29) is 0 Å². The van der Waals surface area contributed by atoms with Crippen molar-refractivity contribution in [2.75, 3.05) is 19.7 Å². The molecule has 2 fully saturated rings. The highest BCUT2D eigenvalue weighted by molar-refractivity contribution is 4.90. The Bertz CT molecular complexity index is 249. The summed E-state index contributed by atoms with van der Waals surface area (Å²) in [4.78, 5) is 0. The second-order valence-electron chi connectivity index (χ2n) is 6.99. The number of hydrogen-bond donors (Lipinski definition) is 2. The first-order valence-electron chi connectivity index (χ1n) is 7.54. The molecule has 1 unspecified atom stereocenters. The lowest BCUT2D eigenvalue weighted by Crippen LogP contribution is -2.45. The lowest BCUT2D eigenvalue weighted by atomic mass is 9.71. The molecule has 2 rings (SSSR count). The molecule has 1 aliphatic heterocycles. The number of ether oxygens (including phenoxy) is 1. The van der Waals surface area contributed by atoms with E-state index in [1.807, 2.05) is 0 Å². The van der Waals surface area contributed by atoms with Crippen LogP contribution < -0.4 is 5.32 Å². The molecule has 1 saturated carbocycles. The first-order chi connectivity index (χ1) is 8.49. The summed E-state index contributed by atoms with van der Waals surface area (Å²) in [5.74, 6) is 0. The predicted octanol–water partition coefficient (Wildman–Crippen LogP) is 2.48. The van der Waals surface area contributed by atoms with Gasteiger partial charge in [-0.2, -0.15) is 0 Å². The van der Waals surface area contributed by atoms with Crippen molar-refractivity contribution >= 4 is 0 Å². The van der Waals surface area contributed by atoms with E-state index in [1.54, 1.807) is 0 Å². The largest absolute Gasteiger partial charge is 0.389 e. The third-order valence-corrected chi connectivity index (χ3v) is 4.66. The van der Waals surface area contributed by atoms with Crippen LogP contribution in [0, 0.1) is 5.41 Å². The van der Waals surface area contributed by atoms with Crippen LogP contribution in [0.2, 0.25) is 0 Å². The lowest BCUT2D eigenvalue weighted by Gasteiger charge is -2.40. The van der Waals surface area contributed by atoms with Crippen LogP contribution >= 0.6 is 0 Å². The van der Waals surface area contributed by atoms with E-state index in [9.17, 15) is 5.11 Å². The van der Waals surface area contributed by atoms with Crippen molar-refractivity contribution < 1.29 is 9.84 Å². The molecule has 106 valence electrons. The summed E-state index contributed by atoms with van der Waals surface area (Å²) in [6, 6.07) is 0. The topological polar surface area (TPSA) is 41.5 Å². The molecule has 0 amide bonds. The lowest BCUT2D eigenvalue weighted by molar-refractivity contribution is -0.0247. The molecule has 0 aromatic heterocycles. The molecule has 0 aromatic rings. The Morgan fingerprint density at radius 3 is 2.56 bits per heavy atom. The molecule has 0 spiro atoms. The molecule has 0 aromatic carbocycles. The summed E-state index contributed by atoms with van der Waals surface area (Å²) < 4.78 is 5.59. The maximum Gasteiger partial charge on any atom is 0.0772 e. The Morgan fingerprint density at radius 1 is 1.22 bits per heavy atom. The van der Waals surface area contributed by atoms with Crippen LogP contribution in [-0.2, 0) is 4.74 Å². The maximum atomic E-state index is 10.5. The van der Waals surface area contributed by atoms with Crippen molar-refractivity contribution in [3.63, 3.8) is 0 Å². The van der Waals surface area contributed by atoms with E-state index in [4.69, 9.17) is 4.74 Å². The minimum Gasteiger partial charge on any atom is -0.389 e. The number of hydrogen-bond acceptors (Lipinski definition) is 3. The van der Waals surface area contributed by atoms with Crippen LogP contribution in [0.15, 0.2) is 0 Å². The minimum atomic E-state index is -0.466. The second-order valence-corrected chi connectivity index (χ2v) is 6.99. The van der Waals surface area contributed by atoms with Crippen LogP contribution in [0.3, 0.4) is 0 Å². The van der Waals surface area contributed by atoms with Gasteiger partial charge in [0.15, 0.2) is 0 Å². The number of nitrogens with one attached hydrogen (secondary N) is 1. The van der Waals surface area contributed by atoms with Gasteiger partial charge < -0.3 is 15.2 Å². The van der Waals surface area contributed by atoms with Gasteiger partial charge in [0, 0.05) is 13.2 Å². The normalized spacial score (nSPS) is 30.5. The fraction of sp³-hybridized carbons (Fsp3) is 1.00. The van der Waals surface area contributed by atoms with Gasteiger partial charge >= 0.3 is 0 Å². The van der Waals surface area contributed by atoms with Crippen molar-refractivity contribution in [1.29, 1.82) is 0 Å². The minimum absolute atomic E-state index is 0.421. The van der Waals surface area contributed by atoms with Crippen molar-refractivity contribution in [1.82, 2.24) is 5.32 Å². The first kappa shape index (κ1) is 14.3. The third kappa shape index (κ3) is 4.22. The highest BCUT2D eigenvalue weighted by Crippen LogP contribution is 2.39. The monoisotopic (exact) mass is 255 g/mol. The van der Waals surface area contributed by atoms with E-state index >= 15 is 0 Å². The molecule has 1 heterocycles. The molecule has 1 saturated heterocycles. The first-order valence-corrected chi connectivity index (χ1v) is 7.54. The van der Waals surface area contributed by atoms with Crippen molar-refractivity contribution in [3.8, 4) is 0 Å². The van der Waals surface area contributed by atoms with Gasteiger partial charge in [-0.3, -0.25) is 0 Å². The summed E-state index contributed by atoms with van der Waals surface area (Å²) >= 11 is 0. The Kier molecular flexibility index (Phi) is 4.68. The molecule has 1 aliphatic carbocycles. The van der Waals surface area contributed by atoms with Crippen LogP contribution in [0.1, 0.15) is 58.8 Å². The zero-order valence-electron chi connectivity index (χ0n) is 12.0. The van der Waals surface area contributed by atoms with Gasteiger partial charge in [0.25, 0.3) is 0 Å². The van der Waals surface area contributed by atoms with Gasteiger partial charge in [0.1, 0.15) is 0 Å². The highest BCUT2D eigenvalue weighted by atomic mass is 16.5. The van der Waals surface area contributed by atoms with Gasteiger partial charge in [-0.15, -0.1) is 0 Å². The molecule has 1 atom stereocenters. The molecule has 2 N–H and O–H groups in total. The Balaban J connectivity index is 1.60. The molecule has 0 bridgehead atoms.